The van der Waals surface area contributed by atoms with Crippen LogP contribution in [0.25, 0.3) is 0 Å². The second-order valence-electron chi connectivity index (χ2n) is 8.09. The van der Waals surface area contributed by atoms with Gasteiger partial charge in [0.2, 0.25) is 0 Å². The molecule has 7 nitrogen and oxygen atoms in total. The van der Waals surface area contributed by atoms with E-state index in [9.17, 15) is 14.9 Å². The Morgan fingerprint density at radius 3 is 2.58 bits per heavy atom. The molecule has 0 unspecified atom stereocenters. The van der Waals surface area contributed by atoms with Gasteiger partial charge in [0, 0.05) is 62.0 Å². The van der Waals surface area contributed by atoms with Crippen LogP contribution in [0, 0.1) is 17.0 Å². The fraction of sp³-hybridized carbons (Fsp3) is 0.435. The Morgan fingerprint density at radius 2 is 1.87 bits per heavy atom. The van der Waals surface area contributed by atoms with E-state index >= 15 is 0 Å². The van der Waals surface area contributed by atoms with Crippen molar-refractivity contribution in [2.24, 2.45) is 0 Å². The number of nitrogens with zero attached hydrogens (tertiary/aromatic N) is 3. The highest BCUT2D eigenvalue weighted by Crippen LogP contribution is 2.30. The molecule has 4 rings (SSSR count). The Kier molecular flexibility index (Phi) is 6.77. The molecule has 0 atom stereocenters. The van der Waals surface area contributed by atoms with Crippen LogP contribution in [-0.2, 0) is 6.54 Å². The Hall–Kier alpha value is -2.58. The number of thioether (sulfide) groups is 1. The number of hydrogen-bond donors (Lipinski definition) is 1. The minimum Gasteiger partial charge on any atom is -0.371 e. The summed E-state index contributed by atoms with van der Waals surface area (Å²) < 4.78 is 0. The topological polar surface area (TPSA) is 78.7 Å². The lowest BCUT2D eigenvalue weighted by Crippen LogP contribution is -2.32. The van der Waals surface area contributed by atoms with Crippen LogP contribution in [0.4, 0.5) is 17.1 Å². The minimum absolute atomic E-state index is 0.0680. The number of anilines is 2. The summed E-state index contributed by atoms with van der Waals surface area (Å²) in [5.74, 6) is 2.00. The van der Waals surface area contributed by atoms with Gasteiger partial charge in [-0.25, -0.2) is 0 Å². The van der Waals surface area contributed by atoms with E-state index in [1.807, 2.05) is 30.8 Å². The number of carbonyl (C=O) groups is 1. The van der Waals surface area contributed by atoms with Crippen LogP contribution in [-0.4, -0.2) is 53.4 Å². The normalized spacial score (nSPS) is 17.0. The van der Waals surface area contributed by atoms with Crippen LogP contribution >= 0.6 is 11.8 Å². The number of nitro groups is 1. The van der Waals surface area contributed by atoms with Crippen LogP contribution in [0.3, 0.4) is 0 Å². The summed E-state index contributed by atoms with van der Waals surface area (Å²) in [5, 5.41) is 14.3. The quantitative estimate of drug-likeness (QED) is 0.533. The van der Waals surface area contributed by atoms with Gasteiger partial charge in [0.1, 0.15) is 0 Å². The molecular weight excluding hydrogens is 412 g/mol. The molecule has 0 bridgehead atoms. The van der Waals surface area contributed by atoms with Crippen LogP contribution < -0.4 is 10.2 Å². The zero-order valence-electron chi connectivity index (χ0n) is 17.8. The lowest BCUT2D eigenvalue weighted by atomic mass is 10.0. The maximum Gasteiger partial charge on any atom is 0.270 e. The summed E-state index contributed by atoms with van der Waals surface area (Å²) in [6.07, 6.45) is 2.13. The van der Waals surface area contributed by atoms with Gasteiger partial charge < -0.3 is 10.2 Å². The zero-order chi connectivity index (χ0) is 21.8. The third kappa shape index (κ3) is 5.02. The van der Waals surface area contributed by atoms with Gasteiger partial charge in [-0.1, -0.05) is 12.1 Å². The molecule has 1 amide bonds. The highest BCUT2D eigenvalue weighted by atomic mass is 32.2. The van der Waals surface area contributed by atoms with Gasteiger partial charge in [-0.15, -0.1) is 0 Å². The first-order valence-electron chi connectivity index (χ1n) is 10.8. The van der Waals surface area contributed by atoms with Crippen LogP contribution in [0.15, 0.2) is 36.4 Å². The molecule has 0 aromatic heterocycles. The molecule has 164 valence electrons. The molecule has 0 aliphatic carbocycles. The second-order valence-corrected chi connectivity index (χ2v) is 9.31. The van der Waals surface area contributed by atoms with Crippen LogP contribution in [0.2, 0.25) is 0 Å². The molecule has 2 aromatic carbocycles. The molecule has 2 aliphatic heterocycles. The predicted octanol–water partition coefficient (Wildman–Crippen LogP) is 4.30. The molecule has 0 radical (unpaired) electrons. The van der Waals surface area contributed by atoms with Crippen molar-refractivity contribution in [1.29, 1.82) is 0 Å². The monoisotopic (exact) mass is 440 g/mol. The number of amides is 1. The lowest BCUT2D eigenvalue weighted by molar-refractivity contribution is -0.384. The van der Waals surface area contributed by atoms with Crippen molar-refractivity contribution < 1.29 is 9.72 Å². The van der Waals surface area contributed by atoms with Crippen molar-refractivity contribution in [1.82, 2.24) is 4.90 Å². The summed E-state index contributed by atoms with van der Waals surface area (Å²) in [5.41, 5.74) is 4.05. The Morgan fingerprint density at radius 1 is 1.13 bits per heavy atom. The molecule has 0 spiro atoms. The summed E-state index contributed by atoms with van der Waals surface area (Å²) in [4.78, 5) is 28.7. The van der Waals surface area contributed by atoms with Crippen molar-refractivity contribution in [3.05, 3.63) is 63.2 Å². The third-order valence-electron chi connectivity index (χ3n) is 6.07. The Bertz CT molecular complexity index is 969. The molecule has 2 fully saturated rings. The smallest absolute Gasteiger partial charge is 0.270 e. The van der Waals surface area contributed by atoms with Crippen molar-refractivity contribution in [3.63, 3.8) is 0 Å². The number of nitrogens with one attached hydrogen (secondary N) is 1. The van der Waals surface area contributed by atoms with Crippen LogP contribution in [0.5, 0.6) is 0 Å². The highest BCUT2D eigenvalue weighted by Gasteiger charge is 2.23. The standard InChI is InChI=1S/C23H28N4O3S/c1-17-18(16-25-11-13-31-14-12-25)5-4-6-21(17)24-23(28)20-15-19(27(29)30)7-8-22(20)26-9-2-3-10-26/h4-8,15H,2-3,9-14,16H2,1H3,(H,24,28). The molecular formula is C23H28N4O3S. The zero-order valence-corrected chi connectivity index (χ0v) is 18.6. The van der Waals surface area contributed by atoms with Gasteiger partial charge in [-0.3, -0.25) is 19.8 Å². The number of non-ortho nitro benzene ring substituents is 1. The van der Waals surface area contributed by atoms with Gasteiger partial charge in [-0.2, -0.15) is 11.8 Å². The summed E-state index contributed by atoms with van der Waals surface area (Å²) in [7, 11) is 0. The first-order chi connectivity index (χ1) is 15.0. The number of hydrogen-bond acceptors (Lipinski definition) is 6. The fourth-order valence-electron chi connectivity index (χ4n) is 4.23. The fourth-order valence-corrected chi connectivity index (χ4v) is 5.21. The second kappa shape index (κ2) is 9.70. The summed E-state index contributed by atoms with van der Waals surface area (Å²) >= 11 is 1.99. The molecule has 31 heavy (non-hydrogen) atoms. The number of nitro benzene ring substituents is 1. The maximum absolute atomic E-state index is 13.2. The summed E-state index contributed by atoms with van der Waals surface area (Å²) in [6, 6.07) is 10.5. The number of carbonyl (C=O) groups excluding carboxylic acids is 1. The van der Waals surface area contributed by atoms with Gasteiger partial charge in [-0.05, 0) is 43.0 Å². The van der Waals surface area contributed by atoms with E-state index in [1.54, 1.807) is 6.07 Å². The SMILES string of the molecule is Cc1c(CN2CCSCC2)cccc1NC(=O)c1cc([N+](=O)[O-])ccc1N1CCCC1. The van der Waals surface area contributed by atoms with Gasteiger partial charge in [0.25, 0.3) is 11.6 Å². The van der Waals surface area contributed by atoms with E-state index in [0.717, 1.165) is 74.0 Å². The molecule has 2 heterocycles. The van der Waals surface area contributed by atoms with Crippen molar-refractivity contribution >= 4 is 34.7 Å². The van der Waals surface area contributed by atoms with Crippen LogP contribution in [0.1, 0.15) is 34.3 Å². The first-order valence-corrected chi connectivity index (χ1v) is 11.9. The highest BCUT2D eigenvalue weighted by molar-refractivity contribution is 7.99. The van der Waals surface area contributed by atoms with E-state index in [2.05, 4.69) is 21.2 Å². The maximum atomic E-state index is 13.2. The Labute approximate surface area is 186 Å². The van der Waals surface area contributed by atoms with E-state index < -0.39 is 4.92 Å². The van der Waals surface area contributed by atoms with Crippen molar-refractivity contribution in [3.8, 4) is 0 Å². The van der Waals surface area contributed by atoms with E-state index in [0.29, 0.717) is 5.56 Å². The number of rotatable bonds is 6. The molecule has 2 aliphatic rings. The number of benzene rings is 2. The average Bonchev–Trinajstić information content (AvgIpc) is 3.31. The minimum atomic E-state index is -0.451. The third-order valence-corrected chi connectivity index (χ3v) is 7.02. The summed E-state index contributed by atoms with van der Waals surface area (Å²) in [6.45, 7) is 6.77. The predicted molar refractivity (Wildman–Crippen MR) is 126 cm³/mol. The van der Waals surface area contributed by atoms with Crippen molar-refractivity contribution in [2.45, 2.75) is 26.3 Å². The van der Waals surface area contributed by atoms with E-state index in [4.69, 9.17) is 0 Å². The molecule has 2 saturated heterocycles. The van der Waals surface area contributed by atoms with Gasteiger partial charge in [0.05, 0.1) is 16.2 Å². The van der Waals surface area contributed by atoms with Gasteiger partial charge in [0.15, 0.2) is 0 Å². The molecule has 2 aromatic rings. The average molecular weight is 441 g/mol. The van der Waals surface area contributed by atoms with Crippen molar-refractivity contribution in [2.75, 3.05) is 47.9 Å². The molecule has 1 N–H and O–H groups in total. The Balaban J connectivity index is 1.58. The van der Waals surface area contributed by atoms with E-state index in [-0.39, 0.29) is 11.6 Å². The van der Waals surface area contributed by atoms with E-state index in [1.165, 1.54) is 17.7 Å². The van der Waals surface area contributed by atoms with Gasteiger partial charge >= 0.3 is 0 Å². The molecule has 8 heteroatoms. The lowest BCUT2D eigenvalue weighted by Gasteiger charge is -2.27. The first kappa shape index (κ1) is 21.6. The largest absolute Gasteiger partial charge is 0.371 e. The molecule has 0 saturated carbocycles.